The van der Waals surface area contributed by atoms with Gasteiger partial charge in [0, 0.05) is 16.3 Å². The molecular weight excluding hydrogens is 316 g/mol. The molecule has 0 aromatic heterocycles. The van der Waals surface area contributed by atoms with E-state index in [2.05, 4.69) is 5.32 Å². The van der Waals surface area contributed by atoms with Gasteiger partial charge >= 0.3 is 0 Å². The second kappa shape index (κ2) is 7.15. The first-order chi connectivity index (χ1) is 10.9. The minimum atomic E-state index is -0.514. The fraction of sp³-hybridized carbons (Fsp3) is 0.176. The Hall–Kier alpha value is -2.53. The third-order valence-electron chi connectivity index (χ3n) is 3.23. The van der Waals surface area contributed by atoms with Crippen molar-refractivity contribution in [1.29, 1.82) is 0 Å². The van der Waals surface area contributed by atoms with Crippen LogP contribution in [0.25, 0.3) is 0 Å². The molecule has 0 aliphatic rings. The van der Waals surface area contributed by atoms with Gasteiger partial charge in [0.05, 0.1) is 0 Å². The largest absolute Gasteiger partial charge is 0.483 e. The van der Waals surface area contributed by atoms with Gasteiger partial charge in [0.15, 0.2) is 6.61 Å². The second-order valence-electron chi connectivity index (χ2n) is 5.15. The number of anilines is 1. The molecule has 2 amide bonds. The van der Waals surface area contributed by atoms with Gasteiger partial charge in [-0.05, 0) is 61.4 Å². The fourth-order valence-electron chi connectivity index (χ4n) is 2.18. The zero-order chi connectivity index (χ0) is 17.0. The number of ether oxygens (including phenoxy) is 1. The normalized spacial score (nSPS) is 10.2. The molecule has 3 N–H and O–H groups in total. The average Bonchev–Trinajstić information content (AvgIpc) is 2.46. The van der Waals surface area contributed by atoms with E-state index in [4.69, 9.17) is 22.1 Å². The van der Waals surface area contributed by atoms with E-state index in [1.807, 2.05) is 13.8 Å². The number of rotatable bonds is 5. The van der Waals surface area contributed by atoms with E-state index in [1.54, 1.807) is 36.4 Å². The predicted molar refractivity (Wildman–Crippen MR) is 90.0 cm³/mol. The van der Waals surface area contributed by atoms with Crippen LogP contribution in [-0.4, -0.2) is 18.4 Å². The van der Waals surface area contributed by atoms with Crippen LogP contribution in [0, 0.1) is 13.8 Å². The molecule has 6 heteroatoms. The number of hydrogen-bond donors (Lipinski definition) is 2. The van der Waals surface area contributed by atoms with Gasteiger partial charge in [-0.25, -0.2) is 0 Å². The summed E-state index contributed by atoms with van der Waals surface area (Å²) in [5, 5.41) is 3.32. The van der Waals surface area contributed by atoms with Crippen molar-refractivity contribution < 1.29 is 14.3 Å². The van der Waals surface area contributed by atoms with Crippen molar-refractivity contribution in [2.45, 2.75) is 13.8 Å². The first-order valence-electron chi connectivity index (χ1n) is 6.96. The van der Waals surface area contributed by atoms with E-state index >= 15 is 0 Å². The Labute approximate surface area is 139 Å². The molecule has 0 spiro atoms. The first kappa shape index (κ1) is 16.8. The Morgan fingerprint density at radius 3 is 2.22 bits per heavy atom. The molecule has 0 bridgehead atoms. The van der Waals surface area contributed by atoms with Crippen molar-refractivity contribution in [3.05, 3.63) is 58.1 Å². The SMILES string of the molecule is Cc1cc(Cl)cc(C)c1OCC(=O)Nc1ccc(C(N)=O)cc1. The van der Waals surface area contributed by atoms with Crippen molar-refractivity contribution >= 4 is 29.1 Å². The lowest BCUT2D eigenvalue weighted by Gasteiger charge is -2.12. The number of benzene rings is 2. The van der Waals surface area contributed by atoms with Crippen molar-refractivity contribution in [2.24, 2.45) is 5.73 Å². The third kappa shape index (κ3) is 4.47. The number of nitrogens with two attached hydrogens (primary N) is 1. The van der Waals surface area contributed by atoms with Crippen molar-refractivity contribution in [1.82, 2.24) is 0 Å². The van der Waals surface area contributed by atoms with Crippen LogP contribution in [0.2, 0.25) is 5.02 Å². The molecule has 0 saturated carbocycles. The molecule has 0 heterocycles. The van der Waals surface area contributed by atoms with Crippen molar-refractivity contribution in [3.63, 3.8) is 0 Å². The molecule has 2 rings (SSSR count). The molecule has 0 radical (unpaired) electrons. The zero-order valence-corrected chi connectivity index (χ0v) is 13.6. The fourth-order valence-corrected chi connectivity index (χ4v) is 2.51. The molecular formula is C17H17ClN2O3. The molecule has 0 saturated heterocycles. The summed E-state index contributed by atoms with van der Waals surface area (Å²) in [7, 11) is 0. The average molecular weight is 333 g/mol. The molecule has 120 valence electrons. The number of aryl methyl sites for hydroxylation is 2. The molecule has 2 aromatic rings. The lowest BCUT2D eigenvalue weighted by atomic mass is 10.1. The smallest absolute Gasteiger partial charge is 0.262 e. The summed E-state index contributed by atoms with van der Waals surface area (Å²) in [4.78, 5) is 22.9. The molecule has 2 aromatic carbocycles. The zero-order valence-electron chi connectivity index (χ0n) is 12.9. The highest BCUT2D eigenvalue weighted by molar-refractivity contribution is 6.30. The Kier molecular flexibility index (Phi) is 5.24. The van der Waals surface area contributed by atoms with Crippen LogP contribution in [0.3, 0.4) is 0 Å². The highest BCUT2D eigenvalue weighted by atomic mass is 35.5. The van der Waals surface area contributed by atoms with E-state index in [-0.39, 0.29) is 12.5 Å². The summed E-state index contributed by atoms with van der Waals surface area (Å²) < 4.78 is 5.57. The molecule has 0 unspecified atom stereocenters. The molecule has 0 atom stereocenters. The summed E-state index contributed by atoms with van der Waals surface area (Å²) >= 11 is 5.96. The molecule has 0 fully saturated rings. The maximum atomic E-state index is 11.9. The Morgan fingerprint density at radius 2 is 1.70 bits per heavy atom. The van der Waals surface area contributed by atoms with Crippen LogP contribution in [0.5, 0.6) is 5.75 Å². The van der Waals surface area contributed by atoms with Crippen LogP contribution < -0.4 is 15.8 Å². The van der Waals surface area contributed by atoms with Crippen LogP contribution in [-0.2, 0) is 4.79 Å². The van der Waals surface area contributed by atoms with Gasteiger partial charge in [0.1, 0.15) is 5.75 Å². The molecule has 0 aliphatic carbocycles. The minimum absolute atomic E-state index is 0.124. The van der Waals surface area contributed by atoms with Gasteiger partial charge in [-0.1, -0.05) is 11.6 Å². The van der Waals surface area contributed by atoms with Crippen LogP contribution >= 0.6 is 11.6 Å². The van der Waals surface area contributed by atoms with Crippen molar-refractivity contribution in [2.75, 3.05) is 11.9 Å². The Morgan fingerprint density at radius 1 is 1.13 bits per heavy atom. The van der Waals surface area contributed by atoms with Gasteiger partial charge < -0.3 is 15.8 Å². The highest BCUT2D eigenvalue weighted by Gasteiger charge is 2.09. The van der Waals surface area contributed by atoms with Crippen LogP contribution in [0.15, 0.2) is 36.4 Å². The Balaban J connectivity index is 1.96. The maximum Gasteiger partial charge on any atom is 0.262 e. The number of amides is 2. The van der Waals surface area contributed by atoms with E-state index in [9.17, 15) is 9.59 Å². The lowest BCUT2D eigenvalue weighted by Crippen LogP contribution is -2.20. The van der Waals surface area contributed by atoms with Crippen LogP contribution in [0.1, 0.15) is 21.5 Å². The number of carbonyl (C=O) groups is 2. The summed E-state index contributed by atoms with van der Waals surface area (Å²) in [5.74, 6) is -0.167. The van der Waals surface area contributed by atoms with Crippen LogP contribution in [0.4, 0.5) is 5.69 Å². The summed E-state index contributed by atoms with van der Waals surface area (Å²) in [5.41, 5.74) is 7.84. The number of halogens is 1. The van der Waals surface area contributed by atoms with E-state index < -0.39 is 5.91 Å². The van der Waals surface area contributed by atoms with E-state index in [0.717, 1.165) is 11.1 Å². The minimum Gasteiger partial charge on any atom is -0.483 e. The van der Waals surface area contributed by atoms with Gasteiger partial charge in [0.25, 0.3) is 5.91 Å². The summed E-state index contributed by atoms with van der Waals surface area (Å²) in [6.07, 6.45) is 0. The monoisotopic (exact) mass is 332 g/mol. The van der Waals surface area contributed by atoms with Gasteiger partial charge in [0.2, 0.25) is 5.91 Å². The highest BCUT2D eigenvalue weighted by Crippen LogP contribution is 2.27. The summed E-state index contributed by atoms with van der Waals surface area (Å²) in [6.45, 7) is 3.62. The molecule has 23 heavy (non-hydrogen) atoms. The third-order valence-corrected chi connectivity index (χ3v) is 3.44. The van der Waals surface area contributed by atoms with Gasteiger partial charge in [-0.2, -0.15) is 0 Å². The lowest BCUT2D eigenvalue weighted by molar-refractivity contribution is -0.118. The Bertz CT molecular complexity index is 719. The topological polar surface area (TPSA) is 81.4 Å². The van der Waals surface area contributed by atoms with E-state index in [1.165, 1.54) is 0 Å². The quantitative estimate of drug-likeness (QED) is 0.882. The van der Waals surface area contributed by atoms with Gasteiger partial charge in [-0.3, -0.25) is 9.59 Å². The summed E-state index contributed by atoms with van der Waals surface area (Å²) in [6, 6.07) is 9.88. The number of carbonyl (C=O) groups excluding carboxylic acids is 2. The standard InChI is InChI=1S/C17H17ClN2O3/c1-10-7-13(18)8-11(2)16(10)23-9-15(21)20-14-5-3-12(4-6-14)17(19)22/h3-8H,9H2,1-2H3,(H2,19,22)(H,20,21). The van der Waals surface area contributed by atoms with Crippen molar-refractivity contribution in [3.8, 4) is 5.75 Å². The van der Waals surface area contributed by atoms with Gasteiger partial charge in [-0.15, -0.1) is 0 Å². The number of primary amides is 1. The second-order valence-corrected chi connectivity index (χ2v) is 5.58. The number of hydrogen-bond acceptors (Lipinski definition) is 3. The maximum absolute atomic E-state index is 11.9. The first-order valence-corrected chi connectivity index (χ1v) is 7.34. The predicted octanol–water partition coefficient (Wildman–Crippen LogP) is 3.07. The number of nitrogens with one attached hydrogen (secondary N) is 1. The van der Waals surface area contributed by atoms with E-state index in [0.29, 0.717) is 22.0 Å². The molecule has 0 aliphatic heterocycles. The molecule has 5 nitrogen and oxygen atoms in total.